The Balaban J connectivity index is 4.30. The molecule has 0 spiro atoms. The maximum Gasteiger partial charge on any atom is 0.306 e. The van der Waals surface area contributed by atoms with E-state index >= 15 is 0 Å². The minimum atomic E-state index is -0.796. The van der Waals surface area contributed by atoms with Gasteiger partial charge < -0.3 is 9.84 Å². The number of carbonyl (C=O) groups is 2. The number of aliphatic carboxylic acids is 1. The predicted molar refractivity (Wildman–Crippen MR) is 208 cm³/mol. The first-order valence-corrected chi connectivity index (χ1v) is 18.2. The fraction of sp³-hybridized carbons (Fsp3) is 0.455. The van der Waals surface area contributed by atoms with Gasteiger partial charge in [-0.2, -0.15) is 0 Å². The van der Waals surface area contributed by atoms with Crippen LogP contribution in [-0.4, -0.2) is 23.1 Å². The Morgan fingerprint density at radius 3 is 1.21 bits per heavy atom. The molecule has 48 heavy (non-hydrogen) atoms. The molecule has 0 aliphatic carbocycles. The fourth-order valence-electron chi connectivity index (χ4n) is 4.27. The number of unbranched alkanes of at least 4 members (excludes halogenated alkanes) is 1. The van der Waals surface area contributed by atoms with Crippen LogP contribution in [0.4, 0.5) is 0 Å². The van der Waals surface area contributed by atoms with Gasteiger partial charge in [0.1, 0.15) is 6.10 Å². The highest BCUT2D eigenvalue weighted by molar-refractivity contribution is 5.70. The van der Waals surface area contributed by atoms with Gasteiger partial charge in [-0.15, -0.1) is 0 Å². The Kier molecular flexibility index (Phi) is 34.5. The Morgan fingerprint density at radius 1 is 0.479 bits per heavy atom. The predicted octanol–water partition coefficient (Wildman–Crippen LogP) is 12.8. The van der Waals surface area contributed by atoms with Gasteiger partial charge in [-0.25, -0.2) is 0 Å². The third-order valence-electron chi connectivity index (χ3n) is 6.87. The van der Waals surface area contributed by atoms with Crippen LogP contribution in [-0.2, 0) is 14.3 Å². The summed E-state index contributed by atoms with van der Waals surface area (Å²) in [6, 6.07) is 0. The van der Waals surface area contributed by atoms with Gasteiger partial charge in [-0.3, -0.25) is 9.59 Å². The molecule has 1 atom stereocenters. The number of rotatable bonds is 30. The summed E-state index contributed by atoms with van der Waals surface area (Å²) in [7, 11) is 0. The van der Waals surface area contributed by atoms with E-state index in [2.05, 4.69) is 129 Å². The number of carboxylic acids is 1. The summed E-state index contributed by atoms with van der Waals surface area (Å²) in [5, 5.41) is 8.92. The van der Waals surface area contributed by atoms with Gasteiger partial charge in [0.2, 0.25) is 0 Å². The summed E-state index contributed by atoms with van der Waals surface area (Å²) < 4.78 is 5.72. The molecule has 0 rings (SSSR count). The van der Waals surface area contributed by atoms with E-state index in [-0.39, 0.29) is 18.5 Å². The van der Waals surface area contributed by atoms with Crippen molar-refractivity contribution in [3.05, 3.63) is 134 Å². The number of ether oxygens (including phenoxy) is 1. The Labute approximate surface area is 293 Å². The second-order valence-corrected chi connectivity index (χ2v) is 11.3. The Hall–Kier alpha value is -3.92. The van der Waals surface area contributed by atoms with Crippen LogP contribution in [0.1, 0.15) is 123 Å². The van der Waals surface area contributed by atoms with Crippen molar-refractivity contribution in [3.63, 3.8) is 0 Å². The largest absolute Gasteiger partial charge is 0.481 e. The maximum atomic E-state index is 12.5. The number of carbonyl (C=O) groups excluding carboxylic acids is 1. The van der Waals surface area contributed by atoms with Crippen LogP contribution in [0.25, 0.3) is 0 Å². The smallest absolute Gasteiger partial charge is 0.306 e. The quantitative estimate of drug-likeness (QED) is 0.0475. The Morgan fingerprint density at radius 2 is 0.833 bits per heavy atom. The molecular formula is C44H64O4. The van der Waals surface area contributed by atoms with E-state index in [9.17, 15) is 9.59 Å². The van der Waals surface area contributed by atoms with Crippen LogP contribution < -0.4 is 0 Å². The summed E-state index contributed by atoms with van der Waals surface area (Å²) in [6.07, 6.45) is 60.4. The molecule has 0 aromatic carbocycles. The first-order valence-electron chi connectivity index (χ1n) is 18.2. The molecule has 0 aromatic rings. The highest BCUT2D eigenvalue weighted by Crippen LogP contribution is 2.11. The second kappa shape index (κ2) is 37.5. The van der Waals surface area contributed by atoms with E-state index in [0.29, 0.717) is 32.1 Å². The van der Waals surface area contributed by atoms with Crippen LogP contribution in [0.2, 0.25) is 0 Å². The number of allylic oxidation sites excluding steroid dienone is 21. The van der Waals surface area contributed by atoms with Crippen molar-refractivity contribution in [1.82, 2.24) is 0 Å². The average molecular weight is 657 g/mol. The normalized spacial score (nSPS) is 13.9. The van der Waals surface area contributed by atoms with Gasteiger partial charge in [0.15, 0.2) is 0 Å². The SMILES string of the molecule is CC/C=C\C/C=C\C/C=C\C/C=C\C/C=C\C/C=C\CCC(=O)OC(/C=C\C/C=C\C/C=C\C/C=C\C/C=C\CC)CCCCC(=O)O. The van der Waals surface area contributed by atoms with Crippen molar-refractivity contribution >= 4 is 11.9 Å². The second-order valence-electron chi connectivity index (χ2n) is 11.3. The molecule has 4 nitrogen and oxygen atoms in total. The summed E-state index contributed by atoms with van der Waals surface area (Å²) in [4.78, 5) is 23.3. The molecule has 1 N–H and O–H groups in total. The molecule has 4 heteroatoms. The molecular weight excluding hydrogens is 592 g/mol. The molecule has 0 saturated carbocycles. The zero-order chi connectivity index (χ0) is 35.0. The van der Waals surface area contributed by atoms with Gasteiger partial charge in [-0.05, 0) is 102 Å². The van der Waals surface area contributed by atoms with Gasteiger partial charge >= 0.3 is 11.9 Å². The third-order valence-corrected chi connectivity index (χ3v) is 6.87. The summed E-state index contributed by atoms with van der Waals surface area (Å²) in [5.74, 6) is -1.02. The van der Waals surface area contributed by atoms with Crippen molar-refractivity contribution in [2.75, 3.05) is 0 Å². The first-order chi connectivity index (χ1) is 23.6. The number of hydrogen-bond acceptors (Lipinski definition) is 3. The molecule has 0 aliphatic heterocycles. The molecule has 0 radical (unpaired) electrons. The van der Waals surface area contributed by atoms with Gasteiger partial charge in [0, 0.05) is 12.8 Å². The first kappa shape index (κ1) is 44.1. The molecule has 0 saturated heterocycles. The molecule has 0 aliphatic rings. The lowest BCUT2D eigenvalue weighted by molar-refractivity contribution is -0.147. The van der Waals surface area contributed by atoms with Gasteiger partial charge in [0.25, 0.3) is 0 Å². The maximum absolute atomic E-state index is 12.5. The molecule has 0 bridgehead atoms. The van der Waals surface area contributed by atoms with Crippen molar-refractivity contribution in [2.24, 2.45) is 0 Å². The molecule has 0 fully saturated rings. The molecule has 1 unspecified atom stereocenters. The number of esters is 1. The van der Waals surface area contributed by atoms with Crippen LogP contribution in [0.5, 0.6) is 0 Å². The van der Waals surface area contributed by atoms with Crippen molar-refractivity contribution in [1.29, 1.82) is 0 Å². The van der Waals surface area contributed by atoms with Crippen LogP contribution >= 0.6 is 0 Å². The van der Waals surface area contributed by atoms with E-state index in [0.717, 1.165) is 70.6 Å². The van der Waals surface area contributed by atoms with E-state index in [1.165, 1.54) is 0 Å². The third kappa shape index (κ3) is 36.5. The number of carboxylic acid groups (broad SMARTS) is 1. The molecule has 264 valence electrons. The summed E-state index contributed by atoms with van der Waals surface area (Å²) in [5.41, 5.74) is 0. The fourth-order valence-corrected chi connectivity index (χ4v) is 4.27. The summed E-state index contributed by atoms with van der Waals surface area (Å²) in [6.45, 7) is 4.29. The van der Waals surface area contributed by atoms with E-state index in [4.69, 9.17) is 9.84 Å². The lowest BCUT2D eigenvalue weighted by atomic mass is 10.1. The minimum Gasteiger partial charge on any atom is -0.481 e. The van der Waals surface area contributed by atoms with Crippen molar-refractivity contribution < 1.29 is 19.4 Å². The molecule has 0 heterocycles. The highest BCUT2D eigenvalue weighted by atomic mass is 16.5. The lowest BCUT2D eigenvalue weighted by Gasteiger charge is -2.14. The van der Waals surface area contributed by atoms with Crippen LogP contribution in [0.15, 0.2) is 134 Å². The zero-order valence-electron chi connectivity index (χ0n) is 30.0. The van der Waals surface area contributed by atoms with E-state index in [1.807, 2.05) is 18.2 Å². The van der Waals surface area contributed by atoms with E-state index < -0.39 is 5.97 Å². The zero-order valence-corrected chi connectivity index (χ0v) is 30.0. The lowest BCUT2D eigenvalue weighted by Crippen LogP contribution is -2.16. The van der Waals surface area contributed by atoms with Crippen molar-refractivity contribution in [3.8, 4) is 0 Å². The topological polar surface area (TPSA) is 63.6 Å². The van der Waals surface area contributed by atoms with Gasteiger partial charge in [0.05, 0.1) is 0 Å². The standard InChI is InChI=1S/C44H64O4/c1-3-5-7-9-11-13-15-17-19-20-21-22-23-25-27-29-31-33-35-41-44(47)48-42(39-36-37-40-43(45)46)38-34-32-30-28-26-24-18-16-14-12-10-8-6-4-2/h5-8,11-14,17-19,21-22,24-25,27-28,30-31,33-34,38,42H,3-4,9-10,15-16,20,23,26,29,32,35-37,39-41H2,1-2H3,(H,45,46)/b7-5-,8-6-,13-11-,14-12-,19-17-,22-21-,24-18-,27-25-,30-28-,33-31-,38-34-. The monoisotopic (exact) mass is 656 g/mol. The Bertz CT molecular complexity index is 1100. The summed E-state index contributed by atoms with van der Waals surface area (Å²) >= 11 is 0. The highest BCUT2D eigenvalue weighted by Gasteiger charge is 2.11. The van der Waals surface area contributed by atoms with Crippen LogP contribution in [0, 0.1) is 0 Å². The van der Waals surface area contributed by atoms with Crippen molar-refractivity contribution in [2.45, 2.75) is 129 Å². The van der Waals surface area contributed by atoms with Crippen LogP contribution in [0.3, 0.4) is 0 Å². The average Bonchev–Trinajstić information content (AvgIpc) is 3.07. The minimum absolute atomic E-state index is 0.134. The molecule has 0 amide bonds. The molecule has 0 aromatic heterocycles. The van der Waals surface area contributed by atoms with Gasteiger partial charge in [-0.1, -0.05) is 141 Å². The number of hydrogen-bond donors (Lipinski definition) is 1. The van der Waals surface area contributed by atoms with E-state index in [1.54, 1.807) is 0 Å².